The van der Waals surface area contributed by atoms with Gasteiger partial charge in [0.2, 0.25) is 5.89 Å². The SMILES string of the molecule is COc1ccc(-c2nc(C(=O)N3CCN(CC4(C)CC4)CC3)c(CN)o2)c2ccc(C(F)(F)F)nc12. The summed E-state index contributed by atoms with van der Waals surface area (Å²) in [6, 6.07) is 5.31. The van der Waals surface area contributed by atoms with E-state index in [1.165, 1.54) is 32.1 Å². The molecule has 2 N–H and O–H groups in total. The Morgan fingerprint density at radius 1 is 1.14 bits per heavy atom. The molecule has 1 amide bonds. The number of rotatable bonds is 6. The number of ether oxygens (including phenoxy) is 1. The summed E-state index contributed by atoms with van der Waals surface area (Å²) in [7, 11) is 1.36. The van der Waals surface area contributed by atoms with Gasteiger partial charge in [0.1, 0.15) is 17.0 Å². The van der Waals surface area contributed by atoms with E-state index in [9.17, 15) is 18.0 Å². The third kappa shape index (κ3) is 4.64. The summed E-state index contributed by atoms with van der Waals surface area (Å²) in [6.07, 6.45) is -2.10. The molecule has 1 aliphatic carbocycles. The number of nitrogens with zero attached hydrogens (tertiary/aromatic N) is 4. The fourth-order valence-corrected chi connectivity index (χ4v) is 4.64. The van der Waals surface area contributed by atoms with Crippen molar-refractivity contribution in [3.63, 3.8) is 0 Å². The molecule has 0 spiro atoms. The number of benzene rings is 1. The zero-order valence-electron chi connectivity index (χ0n) is 20.2. The van der Waals surface area contributed by atoms with Gasteiger partial charge in [-0.15, -0.1) is 0 Å². The number of fused-ring (bicyclic) bond motifs is 1. The summed E-state index contributed by atoms with van der Waals surface area (Å²) in [5.74, 6) is 0.234. The highest BCUT2D eigenvalue weighted by Crippen LogP contribution is 2.45. The van der Waals surface area contributed by atoms with Crippen molar-refractivity contribution in [3.8, 4) is 17.2 Å². The highest BCUT2D eigenvalue weighted by atomic mass is 19.4. The van der Waals surface area contributed by atoms with Crippen molar-refractivity contribution >= 4 is 16.8 Å². The van der Waals surface area contributed by atoms with Crippen LogP contribution in [-0.4, -0.2) is 65.5 Å². The van der Waals surface area contributed by atoms with Crippen LogP contribution in [0.4, 0.5) is 13.2 Å². The maximum absolute atomic E-state index is 13.3. The average Bonchev–Trinajstić information content (AvgIpc) is 3.43. The van der Waals surface area contributed by atoms with Gasteiger partial charge in [-0.1, -0.05) is 6.92 Å². The molecule has 8 nitrogen and oxygen atoms in total. The second kappa shape index (κ2) is 9.04. The molecule has 3 heterocycles. The molecular weight excluding hydrogens is 475 g/mol. The summed E-state index contributed by atoms with van der Waals surface area (Å²) in [5, 5.41) is 0.355. The normalized spacial score (nSPS) is 18.0. The summed E-state index contributed by atoms with van der Waals surface area (Å²) >= 11 is 0. The number of piperazine rings is 1. The number of carbonyl (C=O) groups excluding carboxylic acids is 1. The first-order chi connectivity index (χ1) is 17.1. The van der Waals surface area contributed by atoms with E-state index in [0.717, 1.165) is 25.7 Å². The zero-order valence-corrected chi connectivity index (χ0v) is 20.2. The first-order valence-corrected chi connectivity index (χ1v) is 11.9. The molecule has 5 rings (SSSR count). The summed E-state index contributed by atoms with van der Waals surface area (Å²) in [4.78, 5) is 25.7. The van der Waals surface area contributed by atoms with Crippen molar-refractivity contribution in [1.82, 2.24) is 19.8 Å². The number of amides is 1. The first kappa shape index (κ1) is 24.5. The zero-order chi connectivity index (χ0) is 25.7. The van der Waals surface area contributed by atoms with E-state index in [-0.39, 0.29) is 41.1 Å². The lowest BCUT2D eigenvalue weighted by Gasteiger charge is -2.35. The van der Waals surface area contributed by atoms with Gasteiger partial charge in [0.05, 0.1) is 13.7 Å². The molecular formula is C25H28F3N5O3. The van der Waals surface area contributed by atoms with Gasteiger partial charge in [-0.25, -0.2) is 9.97 Å². The lowest BCUT2D eigenvalue weighted by Crippen LogP contribution is -2.50. The lowest BCUT2D eigenvalue weighted by atomic mass is 10.1. The predicted octanol–water partition coefficient (Wildman–Crippen LogP) is 3.93. The number of nitrogens with two attached hydrogens (primary N) is 1. The number of oxazole rings is 1. The van der Waals surface area contributed by atoms with Gasteiger partial charge in [-0.3, -0.25) is 9.69 Å². The minimum absolute atomic E-state index is 0.0191. The molecule has 192 valence electrons. The molecule has 0 atom stereocenters. The molecule has 1 saturated carbocycles. The Morgan fingerprint density at radius 2 is 1.86 bits per heavy atom. The summed E-state index contributed by atoms with van der Waals surface area (Å²) < 4.78 is 50.9. The number of hydrogen-bond acceptors (Lipinski definition) is 7. The van der Waals surface area contributed by atoms with E-state index in [1.807, 2.05) is 0 Å². The molecule has 0 radical (unpaired) electrons. The molecule has 1 saturated heterocycles. The molecule has 2 aromatic heterocycles. The van der Waals surface area contributed by atoms with Crippen molar-refractivity contribution in [3.05, 3.63) is 41.4 Å². The molecule has 2 aliphatic rings. The Morgan fingerprint density at radius 3 is 2.47 bits per heavy atom. The van der Waals surface area contributed by atoms with Crippen LogP contribution in [0.15, 0.2) is 28.7 Å². The minimum Gasteiger partial charge on any atom is -0.494 e. The molecule has 1 aromatic carbocycles. The van der Waals surface area contributed by atoms with Crippen molar-refractivity contribution in [1.29, 1.82) is 0 Å². The van der Waals surface area contributed by atoms with Gasteiger partial charge < -0.3 is 19.8 Å². The van der Waals surface area contributed by atoms with Gasteiger partial charge in [0.15, 0.2) is 11.5 Å². The molecule has 1 aliphatic heterocycles. The molecule has 2 fully saturated rings. The van der Waals surface area contributed by atoms with Crippen molar-refractivity contribution < 1.29 is 27.1 Å². The average molecular weight is 504 g/mol. The summed E-state index contributed by atoms with van der Waals surface area (Å²) in [6.45, 7) is 6.04. The molecule has 11 heteroatoms. The standard InChI is InChI=1S/C25H28F3N5O3/c1-24(7-8-24)14-32-9-11-33(12-10-32)23(34)21-18(13-29)36-22(31-21)16-3-5-17(35-2)20-15(16)4-6-19(30-20)25(26,27)28/h3-6H,7-14,29H2,1-2H3. The monoisotopic (exact) mass is 503 g/mol. The first-order valence-electron chi connectivity index (χ1n) is 11.9. The minimum atomic E-state index is -4.61. The number of halogens is 3. The van der Waals surface area contributed by atoms with Crippen LogP contribution in [0.5, 0.6) is 5.75 Å². The van der Waals surface area contributed by atoms with Crippen LogP contribution in [0.2, 0.25) is 0 Å². The number of hydrogen-bond donors (Lipinski definition) is 1. The van der Waals surface area contributed by atoms with Crippen LogP contribution >= 0.6 is 0 Å². The predicted molar refractivity (Wildman–Crippen MR) is 126 cm³/mol. The van der Waals surface area contributed by atoms with E-state index < -0.39 is 11.9 Å². The fraction of sp³-hybridized carbons (Fsp3) is 0.480. The molecule has 36 heavy (non-hydrogen) atoms. The smallest absolute Gasteiger partial charge is 0.433 e. The Balaban J connectivity index is 1.43. The maximum Gasteiger partial charge on any atom is 0.433 e. The molecule has 0 unspecified atom stereocenters. The van der Waals surface area contributed by atoms with E-state index in [0.29, 0.717) is 29.5 Å². The Hall–Kier alpha value is -3.18. The van der Waals surface area contributed by atoms with Crippen LogP contribution in [0.25, 0.3) is 22.4 Å². The fourth-order valence-electron chi connectivity index (χ4n) is 4.64. The number of pyridine rings is 1. The summed E-state index contributed by atoms with van der Waals surface area (Å²) in [5.41, 5.74) is 5.78. The van der Waals surface area contributed by atoms with E-state index >= 15 is 0 Å². The van der Waals surface area contributed by atoms with Crippen LogP contribution < -0.4 is 10.5 Å². The number of aromatic nitrogens is 2. The molecule has 3 aromatic rings. The van der Waals surface area contributed by atoms with E-state index in [2.05, 4.69) is 21.8 Å². The van der Waals surface area contributed by atoms with Crippen LogP contribution in [-0.2, 0) is 12.7 Å². The Labute approximate surface area is 206 Å². The quantitative estimate of drug-likeness (QED) is 0.544. The largest absolute Gasteiger partial charge is 0.494 e. The van der Waals surface area contributed by atoms with Crippen LogP contribution in [0, 0.1) is 5.41 Å². The maximum atomic E-state index is 13.3. The van der Waals surface area contributed by atoms with Crippen molar-refractivity contribution in [2.75, 3.05) is 39.8 Å². The molecule has 0 bridgehead atoms. The van der Waals surface area contributed by atoms with Crippen molar-refractivity contribution in [2.45, 2.75) is 32.5 Å². The second-order valence-corrected chi connectivity index (χ2v) is 9.78. The van der Waals surface area contributed by atoms with Gasteiger partial charge in [-0.2, -0.15) is 13.2 Å². The van der Waals surface area contributed by atoms with E-state index in [4.69, 9.17) is 14.9 Å². The number of alkyl halides is 3. The topological polar surface area (TPSA) is 97.7 Å². The van der Waals surface area contributed by atoms with Gasteiger partial charge in [-0.05, 0) is 42.5 Å². The third-order valence-electron chi connectivity index (χ3n) is 7.01. The number of carbonyl (C=O) groups is 1. The number of methoxy groups -OCH3 is 1. The highest BCUT2D eigenvalue weighted by Gasteiger charge is 2.39. The van der Waals surface area contributed by atoms with Gasteiger partial charge in [0.25, 0.3) is 5.91 Å². The van der Waals surface area contributed by atoms with Gasteiger partial charge >= 0.3 is 6.18 Å². The lowest BCUT2D eigenvalue weighted by molar-refractivity contribution is -0.140. The van der Waals surface area contributed by atoms with E-state index in [1.54, 1.807) is 11.0 Å². The Kier molecular flexibility index (Phi) is 6.16. The van der Waals surface area contributed by atoms with Crippen LogP contribution in [0.3, 0.4) is 0 Å². The Bertz CT molecular complexity index is 1290. The second-order valence-electron chi connectivity index (χ2n) is 9.78. The van der Waals surface area contributed by atoms with Crippen LogP contribution in [0.1, 0.15) is 41.7 Å². The van der Waals surface area contributed by atoms with Crippen molar-refractivity contribution in [2.24, 2.45) is 11.1 Å². The third-order valence-corrected chi connectivity index (χ3v) is 7.01. The van der Waals surface area contributed by atoms with Gasteiger partial charge in [0, 0.05) is 43.7 Å². The highest BCUT2D eigenvalue weighted by molar-refractivity contribution is 5.98.